The molecule has 3 heteroatoms. The molecular weight excluding hydrogens is 238 g/mol. The Morgan fingerprint density at radius 2 is 2.05 bits per heavy atom. The average molecular weight is 261 g/mol. The summed E-state index contributed by atoms with van der Waals surface area (Å²) in [6, 6.07) is 6.47. The van der Waals surface area contributed by atoms with E-state index in [1.807, 2.05) is 6.92 Å². The Morgan fingerprint density at radius 1 is 1.32 bits per heavy atom. The van der Waals surface area contributed by atoms with Crippen LogP contribution in [0, 0.1) is 0 Å². The van der Waals surface area contributed by atoms with Gasteiger partial charge in [0.05, 0.1) is 6.61 Å². The number of hydrogen-bond acceptors (Lipinski definition) is 3. The fourth-order valence-corrected chi connectivity index (χ4v) is 2.66. The molecule has 0 heterocycles. The third kappa shape index (κ3) is 3.80. The summed E-state index contributed by atoms with van der Waals surface area (Å²) in [7, 11) is 0. The molecule has 0 saturated carbocycles. The van der Waals surface area contributed by atoms with E-state index in [1.165, 1.54) is 30.4 Å². The van der Waals surface area contributed by atoms with Crippen molar-refractivity contribution in [3.63, 3.8) is 0 Å². The molecule has 0 aromatic heterocycles. The molecular formula is C16H23NO2. The summed E-state index contributed by atoms with van der Waals surface area (Å²) in [5, 5.41) is 0. The lowest BCUT2D eigenvalue weighted by Crippen LogP contribution is -2.15. The highest BCUT2D eigenvalue weighted by atomic mass is 16.5. The van der Waals surface area contributed by atoms with Crippen LogP contribution in [0.5, 0.6) is 0 Å². The molecule has 19 heavy (non-hydrogen) atoms. The Balaban J connectivity index is 1.95. The predicted molar refractivity (Wildman–Crippen MR) is 75.9 cm³/mol. The van der Waals surface area contributed by atoms with Crippen LogP contribution in [0.25, 0.3) is 0 Å². The van der Waals surface area contributed by atoms with Crippen LogP contribution in [-0.4, -0.2) is 12.6 Å². The zero-order valence-corrected chi connectivity index (χ0v) is 11.7. The fourth-order valence-electron chi connectivity index (χ4n) is 2.66. The Hall–Kier alpha value is -1.35. The standard InChI is InChI=1S/C16H23NO2/c1-2-19-16(18)10-9-15(17)14-8-7-12-5-3-4-6-13(12)11-14/h7-8,11,15H,2-6,9-10,17H2,1H3. The van der Waals surface area contributed by atoms with Crippen molar-refractivity contribution in [2.75, 3.05) is 6.61 Å². The van der Waals surface area contributed by atoms with Gasteiger partial charge in [0, 0.05) is 12.5 Å². The molecule has 0 bridgehead atoms. The monoisotopic (exact) mass is 261 g/mol. The number of fused-ring (bicyclic) bond motifs is 1. The van der Waals surface area contributed by atoms with Gasteiger partial charge < -0.3 is 10.5 Å². The number of esters is 1. The minimum absolute atomic E-state index is 0.0726. The molecule has 1 aliphatic carbocycles. The molecule has 1 aliphatic rings. The maximum absolute atomic E-state index is 11.3. The summed E-state index contributed by atoms with van der Waals surface area (Å²) in [6.07, 6.45) is 5.96. The van der Waals surface area contributed by atoms with Gasteiger partial charge in [-0.05, 0) is 55.7 Å². The summed E-state index contributed by atoms with van der Waals surface area (Å²) in [4.78, 5) is 11.3. The quantitative estimate of drug-likeness (QED) is 0.829. The second-order valence-electron chi connectivity index (χ2n) is 5.19. The second-order valence-corrected chi connectivity index (χ2v) is 5.19. The van der Waals surface area contributed by atoms with Gasteiger partial charge in [0.2, 0.25) is 0 Å². The summed E-state index contributed by atoms with van der Waals surface area (Å²) >= 11 is 0. The Labute approximate surface area is 115 Å². The highest BCUT2D eigenvalue weighted by Gasteiger charge is 2.14. The van der Waals surface area contributed by atoms with Gasteiger partial charge in [-0.15, -0.1) is 0 Å². The van der Waals surface area contributed by atoms with Crippen molar-refractivity contribution in [3.05, 3.63) is 34.9 Å². The molecule has 0 amide bonds. The van der Waals surface area contributed by atoms with E-state index in [9.17, 15) is 4.79 Å². The SMILES string of the molecule is CCOC(=O)CCC(N)c1ccc2c(c1)CCCC2. The van der Waals surface area contributed by atoms with Gasteiger partial charge in [0.1, 0.15) is 0 Å². The van der Waals surface area contributed by atoms with E-state index < -0.39 is 0 Å². The maximum Gasteiger partial charge on any atom is 0.305 e. The molecule has 0 aliphatic heterocycles. The molecule has 0 radical (unpaired) electrons. The number of carbonyl (C=O) groups excluding carboxylic acids is 1. The van der Waals surface area contributed by atoms with Gasteiger partial charge in [-0.2, -0.15) is 0 Å². The van der Waals surface area contributed by atoms with Crippen LogP contribution in [0.2, 0.25) is 0 Å². The number of nitrogens with two attached hydrogens (primary N) is 1. The summed E-state index contributed by atoms with van der Waals surface area (Å²) < 4.78 is 4.92. The van der Waals surface area contributed by atoms with Gasteiger partial charge in [0.25, 0.3) is 0 Å². The lowest BCUT2D eigenvalue weighted by atomic mass is 9.88. The molecule has 0 fully saturated rings. The Morgan fingerprint density at radius 3 is 2.79 bits per heavy atom. The van der Waals surface area contributed by atoms with E-state index in [2.05, 4.69) is 18.2 Å². The van der Waals surface area contributed by atoms with E-state index in [0.717, 1.165) is 12.0 Å². The summed E-state index contributed by atoms with van der Waals surface area (Å²) in [6.45, 7) is 2.26. The van der Waals surface area contributed by atoms with Gasteiger partial charge in [0.15, 0.2) is 0 Å². The van der Waals surface area contributed by atoms with E-state index in [0.29, 0.717) is 19.4 Å². The van der Waals surface area contributed by atoms with Crippen LogP contribution in [-0.2, 0) is 22.4 Å². The maximum atomic E-state index is 11.3. The highest BCUT2D eigenvalue weighted by Crippen LogP contribution is 2.25. The molecule has 1 aromatic rings. The number of rotatable bonds is 5. The lowest BCUT2D eigenvalue weighted by molar-refractivity contribution is -0.143. The molecule has 1 unspecified atom stereocenters. The van der Waals surface area contributed by atoms with Gasteiger partial charge in [-0.3, -0.25) is 4.79 Å². The van der Waals surface area contributed by atoms with Crippen molar-refractivity contribution in [2.45, 2.75) is 51.5 Å². The van der Waals surface area contributed by atoms with Gasteiger partial charge in [-0.25, -0.2) is 0 Å². The highest BCUT2D eigenvalue weighted by molar-refractivity contribution is 5.69. The van der Waals surface area contributed by atoms with E-state index in [-0.39, 0.29) is 12.0 Å². The first-order valence-corrected chi connectivity index (χ1v) is 7.23. The smallest absolute Gasteiger partial charge is 0.305 e. The number of aryl methyl sites for hydroxylation is 2. The van der Waals surface area contributed by atoms with Crippen LogP contribution in [0.3, 0.4) is 0 Å². The molecule has 2 rings (SSSR count). The summed E-state index contributed by atoms with van der Waals surface area (Å²) in [5.74, 6) is -0.157. The predicted octanol–water partition coefficient (Wildman–Crippen LogP) is 2.91. The largest absolute Gasteiger partial charge is 0.466 e. The van der Waals surface area contributed by atoms with Crippen LogP contribution in [0.1, 0.15) is 55.3 Å². The van der Waals surface area contributed by atoms with Crippen molar-refractivity contribution in [1.82, 2.24) is 0 Å². The van der Waals surface area contributed by atoms with Crippen LogP contribution in [0.15, 0.2) is 18.2 Å². The molecule has 2 N–H and O–H groups in total. The third-order valence-corrected chi connectivity index (χ3v) is 3.77. The average Bonchev–Trinajstić information content (AvgIpc) is 2.44. The van der Waals surface area contributed by atoms with Crippen LogP contribution in [0.4, 0.5) is 0 Å². The number of ether oxygens (including phenoxy) is 1. The zero-order valence-electron chi connectivity index (χ0n) is 11.7. The molecule has 3 nitrogen and oxygen atoms in total. The Bertz CT molecular complexity index is 442. The molecule has 104 valence electrons. The van der Waals surface area contributed by atoms with Crippen LogP contribution < -0.4 is 5.73 Å². The van der Waals surface area contributed by atoms with E-state index >= 15 is 0 Å². The van der Waals surface area contributed by atoms with Gasteiger partial charge >= 0.3 is 5.97 Å². The minimum atomic E-state index is -0.157. The fraction of sp³-hybridized carbons (Fsp3) is 0.562. The zero-order chi connectivity index (χ0) is 13.7. The van der Waals surface area contributed by atoms with E-state index in [1.54, 1.807) is 0 Å². The number of benzene rings is 1. The summed E-state index contributed by atoms with van der Waals surface area (Å²) in [5.41, 5.74) is 10.2. The first-order valence-electron chi connectivity index (χ1n) is 7.23. The molecule has 0 spiro atoms. The first-order chi connectivity index (χ1) is 9.20. The topological polar surface area (TPSA) is 52.3 Å². The lowest BCUT2D eigenvalue weighted by Gasteiger charge is -2.19. The number of carbonyl (C=O) groups is 1. The first kappa shape index (κ1) is 14.1. The normalized spacial score (nSPS) is 15.7. The number of hydrogen-bond donors (Lipinski definition) is 1. The van der Waals surface area contributed by atoms with Crippen LogP contribution >= 0.6 is 0 Å². The van der Waals surface area contributed by atoms with Crippen molar-refractivity contribution in [2.24, 2.45) is 5.73 Å². The molecule has 0 saturated heterocycles. The molecule has 1 aromatic carbocycles. The minimum Gasteiger partial charge on any atom is -0.466 e. The Kier molecular flexibility index (Phi) is 4.97. The van der Waals surface area contributed by atoms with Crippen molar-refractivity contribution >= 4 is 5.97 Å². The van der Waals surface area contributed by atoms with Crippen molar-refractivity contribution in [3.8, 4) is 0 Å². The van der Waals surface area contributed by atoms with Crippen molar-refractivity contribution in [1.29, 1.82) is 0 Å². The third-order valence-electron chi connectivity index (χ3n) is 3.77. The second kappa shape index (κ2) is 6.71. The molecule has 1 atom stereocenters. The van der Waals surface area contributed by atoms with E-state index in [4.69, 9.17) is 10.5 Å². The van der Waals surface area contributed by atoms with Crippen molar-refractivity contribution < 1.29 is 9.53 Å². The van der Waals surface area contributed by atoms with Gasteiger partial charge in [-0.1, -0.05) is 18.2 Å².